The average molecular weight is 403 g/mol. The maximum Gasteiger partial charge on any atom is 0.276 e. The molecule has 1 aliphatic rings. The first kappa shape index (κ1) is 18.9. The normalized spacial score (nSPS) is 22.1. The third kappa shape index (κ3) is 3.17. The summed E-state index contributed by atoms with van der Waals surface area (Å²) in [6, 6.07) is 6.50. The molecule has 1 N–H and O–H groups in total. The minimum absolute atomic E-state index is 0.0809. The standard InChI is InChI=1S/C22H25N7O/c1-12-7-19(27-28-11-15(4)25-21(12)28)18-6-5-17-20(26-18)10-23-29(22(17)30)16-8-13(2)24-14(3)9-16/h5-7,10-11,13-14,16,24H,8-9H2,1-4H3. The van der Waals surface area contributed by atoms with Gasteiger partial charge in [-0.25, -0.2) is 19.2 Å². The second kappa shape index (κ2) is 6.98. The van der Waals surface area contributed by atoms with Gasteiger partial charge in [-0.3, -0.25) is 4.79 Å². The van der Waals surface area contributed by atoms with Gasteiger partial charge in [0.15, 0.2) is 5.65 Å². The van der Waals surface area contributed by atoms with Crippen LogP contribution in [0.15, 0.2) is 35.4 Å². The summed E-state index contributed by atoms with van der Waals surface area (Å²) in [6.45, 7) is 8.25. The molecule has 4 aromatic heterocycles. The van der Waals surface area contributed by atoms with Gasteiger partial charge in [-0.1, -0.05) is 0 Å². The number of pyridine rings is 1. The predicted molar refractivity (Wildman–Crippen MR) is 116 cm³/mol. The van der Waals surface area contributed by atoms with Crippen molar-refractivity contribution in [3.8, 4) is 11.4 Å². The van der Waals surface area contributed by atoms with Gasteiger partial charge in [0.1, 0.15) is 5.69 Å². The van der Waals surface area contributed by atoms with Gasteiger partial charge in [-0.05, 0) is 64.3 Å². The van der Waals surface area contributed by atoms with E-state index < -0.39 is 0 Å². The highest BCUT2D eigenvalue weighted by atomic mass is 16.1. The number of nitrogens with one attached hydrogen (secondary N) is 1. The minimum atomic E-state index is -0.0809. The van der Waals surface area contributed by atoms with Crippen molar-refractivity contribution in [1.29, 1.82) is 0 Å². The first-order valence-corrected chi connectivity index (χ1v) is 10.4. The fourth-order valence-electron chi connectivity index (χ4n) is 4.55. The van der Waals surface area contributed by atoms with Gasteiger partial charge in [0.05, 0.1) is 40.7 Å². The van der Waals surface area contributed by atoms with Crippen LogP contribution >= 0.6 is 0 Å². The van der Waals surface area contributed by atoms with E-state index in [1.807, 2.05) is 38.2 Å². The Bertz CT molecular complexity index is 1310. The van der Waals surface area contributed by atoms with E-state index in [1.54, 1.807) is 15.4 Å². The molecule has 0 bridgehead atoms. The summed E-state index contributed by atoms with van der Waals surface area (Å²) in [5, 5.41) is 13.2. The van der Waals surface area contributed by atoms with Crippen LogP contribution in [-0.2, 0) is 0 Å². The summed E-state index contributed by atoms with van der Waals surface area (Å²) < 4.78 is 3.42. The zero-order valence-electron chi connectivity index (χ0n) is 17.6. The first-order chi connectivity index (χ1) is 14.4. The molecule has 1 aliphatic heterocycles. The Balaban J connectivity index is 1.57. The summed E-state index contributed by atoms with van der Waals surface area (Å²) in [6.07, 6.45) is 5.38. The summed E-state index contributed by atoms with van der Waals surface area (Å²) in [5.74, 6) is 0. The predicted octanol–water partition coefficient (Wildman–Crippen LogP) is 2.82. The first-order valence-electron chi connectivity index (χ1n) is 10.4. The number of hydrogen-bond donors (Lipinski definition) is 1. The largest absolute Gasteiger partial charge is 0.312 e. The summed E-state index contributed by atoms with van der Waals surface area (Å²) in [4.78, 5) is 22.3. The fourth-order valence-corrected chi connectivity index (χ4v) is 4.55. The Labute approximate surface area is 174 Å². The molecule has 2 unspecified atom stereocenters. The minimum Gasteiger partial charge on any atom is -0.312 e. The van der Waals surface area contributed by atoms with Crippen molar-refractivity contribution in [3.05, 3.63) is 52.2 Å². The SMILES string of the molecule is Cc1cn2nc(-c3ccc4c(=O)n(C5CC(C)NC(C)C5)ncc4n3)cc(C)c2n1. The van der Waals surface area contributed by atoms with Crippen LogP contribution in [-0.4, -0.2) is 41.4 Å². The monoisotopic (exact) mass is 403 g/mol. The smallest absolute Gasteiger partial charge is 0.276 e. The molecule has 1 saturated heterocycles. The Kier molecular flexibility index (Phi) is 4.39. The van der Waals surface area contributed by atoms with Crippen LogP contribution in [0.2, 0.25) is 0 Å². The Hall–Kier alpha value is -3.13. The van der Waals surface area contributed by atoms with E-state index in [9.17, 15) is 4.79 Å². The molecule has 30 heavy (non-hydrogen) atoms. The van der Waals surface area contributed by atoms with Crippen molar-refractivity contribution in [3.63, 3.8) is 0 Å². The van der Waals surface area contributed by atoms with E-state index in [0.717, 1.165) is 35.4 Å². The van der Waals surface area contributed by atoms with Gasteiger partial charge in [-0.2, -0.15) is 10.2 Å². The second-order valence-corrected chi connectivity index (χ2v) is 8.48. The van der Waals surface area contributed by atoms with Crippen LogP contribution in [0, 0.1) is 13.8 Å². The molecular weight excluding hydrogens is 378 g/mol. The zero-order chi connectivity index (χ0) is 21.0. The zero-order valence-corrected chi connectivity index (χ0v) is 17.6. The van der Waals surface area contributed by atoms with Gasteiger partial charge >= 0.3 is 0 Å². The van der Waals surface area contributed by atoms with Gasteiger partial charge in [-0.15, -0.1) is 0 Å². The van der Waals surface area contributed by atoms with Crippen LogP contribution in [0.1, 0.15) is 44.0 Å². The molecule has 0 amide bonds. The van der Waals surface area contributed by atoms with Crippen LogP contribution < -0.4 is 10.9 Å². The topological polar surface area (TPSA) is 90.0 Å². The maximum absolute atomic E-state index is 13.1. The van der Waals surface area contributed by atoms with Gasteiger partial charge < -0.3 is 5.32 Å². The molecule has 4 aromatic rings. The van der Waals surface area contributed by atoms with Gasteiger partial charge in [0.25, 0.3) is 5.56 Å². The molecule has 0 aliphatic carbocycles. The molecule has 8 nitrogen and oxygen atoms in total. The van der Waals surface area contributed by atoms with Crippen molar-refractivity contribution in [2.24, 2.45) is 0 Å². The lowest BCUT2D eigenvalue weighted by Crippen LogP contribution is -2.45. The average Bonchev–Trinajstić information content (AvgIpc) is 3.08. The Morgan fingerprint density at radius 1 is 1.07 bits per heavy atom. The lowest BCUT2D eigenvalue weighted by Gasteiger charge is -2.33. The molecular formula is C22H25N7O. The van der Waals surface area contributed by atoms with Crippen LogP contribution in [0.5, 0.6) is 0 Å². The van der Waals surface area contributed by atoms with E-state index in [-0.39, 0.29) is 11.6 Å². The third-order valence-corrected chi connectivity index (χ3v) is 5.83. The van der Waals surface area contributed by atoms with Crippen LogP contribution in [0.3, 0.4) is 0 Å². The molecule has 154 valence electrons. The molecule has 5 heterocycles. The number of aryl methyl sites for hydroxylation is 2. The van der Waals surface area contributed by atoms with E-state index in [2.05, 4.69) is 34.3 Å². The highest BCUT2D eigenvalue weighted by Crippen LogP contribution is 2.24. The lowest BCUT2D eigenvalue weighted by molar-refractivity contribution is 0.244. The molecule has 5 rings (SSSR count). The highest BCUT2D eigenvalue weighted by Gasteiger charge is 2.26. The lowest BCUT2D eigenvalue weighted by atomic mass is 9.95. The van der Waals surface area contributed by atoms with Crippen LogP contribution in [0.25, 0.3) is 27.9 Å². The van der Waals surface area contributed by atoms with Crippen molar-refractivity contribution in [2.75, 3.05) is 0 Å². The molecule has 0 aromatic carbocycles. The molecule has 0 spiro atoms. The molecule has 2 atom stereocenters. The number of piperidine rings is 1. The number of rotatable bonds is 2. The molecule has 0 saturated carbocycles. The highest BCUT2D eigenvalue weighted by molar-refractivity contribution is 5.79. The number of aromatic nitrogens is 6. The van der Waals surface area contributed by atoms with Crippen molar-refractivity contribution >= 4 is 16.6 Å². The number of hydrogen-bond acceptors (Lipinski definition) is 6. The van der Waals surface area contributed by atoms with Gasteiger partial charge in [0, 0.05) is 12.1 Å². The summed E-state index contributed by atoms with van der Waals surface area (Å²) in [7, 11) is 0. The third-order valence-electron chi connectivity index (χ3n) is 5.83. The van der Waals surface area contributed by atoms with Gasteiger partial charge in [0.2, 0.25) is 0 Å². The van der Waals surface area contributed by atoms with E-state index in [1.165, 1.54) is 0 Å². The second-order valence-electron chi connectivity index (χ2n) is 8.48. The Morgan fingerprint density at radius 2 is 1.83 bits per heavy atom. The van der Waals surface area contributed by atoms with Crippen LogP contribution in [0.4, 0.5) is 0 Å². The van der Waals surface area contributed by atoms with Crippen molar-refractivity contribution in [1.82, 2.24) is 34.7 Å². The molecule has 8 heteroatoms. The molecule has 0 radical (unpaired) electrons. The van der Waals surface area contributed by atoms with E-state index in [0.29, 0.717) is 28.7 Å². The summed E-state index contributed by atoms with van der Waals surface area (Å²) >= 11 is 0. The maximum atomic E-state index is 13.1. The number of nitrogens with zero attached hydrogens (tertiary/aromatic N) is 6. The molecule has 1 fully saturated rings. The Morgan fingerprint density at radius 3 is 2.60 bits per heavy atom. The summed E-state index contributed by atoms with van der Waals surface area (Å²) in [5.41, 5.74) is 4.74. The number of imidazole rings is 1. The van der Waals surface area contributed by atoms with E-state index >= 15 is 0 Å². The van der Waals surface area contributed by atoms with E-state index in [4.69, 9.17) is 4.98 Å². The number of fused-ring (bicyclic) bond motifs is 2. The van der Waals surface area contributed by atoms with Crippen molar-refractivity contribution in [2.45, 2.75) is 58.7 Å². The van der Waals surface area contributed by atoms with Crippen molar-refractivity contribution < 1.29 is 0 Å². The quantitative estimate of drug-likeness (QED) is 0.554. The fraction of sp³-hybridized carbons (Fsp3) is 0.409.